The van der Waals surface area contributed by atoms with Crippen molar-refractivity contribution in [3.8, 4) is 0 Å². The van der Waals surface area contributed by atoms with Gasteiger partial charge < -0.3 is 20.3 Å². The lowest BCUT2D eigenvalue weighted by Gasteiger charge is -2.29. The van der Waals surface area contributed by atoms with E-state index >= 15 is 0 Å². The second kappa shape index (κ2) is 6.83. The van der Waals surface area contributed by atoms with Crippen LogP contribution in [-0.4, -0.2) is 39.3 Å². The van der Waals surface area contributed by atoms with Crippen LogP contribution in [-0.2, 0) is 19.5 Å². The molecule has 0 bridgehead atoms. The Morgan fingerprint density at radius 2 is 2.31 bits per heavy atom. The maximum Gasteiger partial charge on any atom is 0.261 e. The Balaban J connectivity index is 1.54. The summed E-state index contributed by atoms with van der Waals surface area (Å²) in [6.45, 7) is 3.92. The Hall–Kier alpha value is -2.22. The van der Waals surface area contributed by atoms with Gasteiger partial charge in [-0.25, -0.2) is 4.98 Å². The molecule has 1 aliphatic rings. The molecule has 136 valence electrons. The van der Waals surface area contributed by atoms with Crippen LogP contribution in [0.2, 0.25) is 0 Å². The van der Waals surface area contributed by atoms with E-state index in [1.54, 1.807) is 17.7 Å². The molecule has 7 heteroatoms. The van der Waals surface area contributed by atoms with E-state index in [1.807, 2.05) is 41.8 Å². The summed E-state index contributed by atoms with van der Waals surface area (Å²) < 4.78 is 1.97. The molecular weight excluding hydrogens is 348 g/mol. The molecule has 4 rings (SSSR count). The average molecular weight is 370 g/mol. The molecule has 0 radical (unpaired) electrons. The van der Waals surface area contributed by atoms with Gasteiger partial charge in [0.2, 0.25) is 0 Å². The van der Waals surface area contributed by atoms with Crippen LogP contribution in [0.4, 0.5) is 0 Å². The molecule has 1 unspecified atom stereocenters. The minimum Gasteiger partial charge on any atom is -0.394 e. The molecule has 1 aromatic carbocycles. The third kappa shape index (κ3) is 3.25. The Morgan fingerprint density at radius 1 is 1.46 bits per heavy atom. The Kier molecular flexibility index (Phi) is 4.52. The number of para-hydroxylation sites is 2. The van der Waals surface area contributed by atoms with Crippen LogP contribution < -0.4 is 10.6 Å². The lowest BCUT2D eigenvalue weighted by Crippen LogP contribution is -2.51. The summed E-state index contributed by atoms with van der Waals surface area (Å²) in [5.74, 6) is -0.134. The molecule has 3 N–H and O–H groups in total. The van der Waals surface area contributed by atoms with Crippen LogP contribution in [0.1, 0.15) is 27.0 Å². The highest BCUT2D eigenvalue weighted by molar-refractivity contribution is 7.14. The topological polar surface area (TPSA) is 79.2 Å². The number of aromatic nitrogens is 2. The molecule has 0 fully saturated rings. The summed E-state index contributed by atoms with van der Waals surface area (Å²) in [4.78, 5) is 19.1. The van der Waals surface area contributed by atoms with Crippen LogP contribution in [0.3, 0.4) is 0 Å². The number of fused-ring (bicyclic) bond motifs is 2. The fraction of sp³-hybridized carbons (Fsp3) is 0.368. The number of nitrogens with zero attached hydrogens (tertiary/aromatic N) is 2. The SMILES string of the molecule is CC(CO)(Cn1cnc2ccccc21)NC(=O)c1cc2c(s1)CCNC2. The summed E-state index contributed by atoms with van der Waals surface area (Å²) in [5.41, 5.74) is 2.32. The second-order valence-corrected chi connectivity index (χ2v) is 8.16. The van der Waals surface area contributed by atoms with E-state index in [1.165, 1.54) is 10.4 Å². The Bertz CT molecular complexity index is 925. The molecule has 0 saturated heterocycles. The molecule has 26 heavy (non-hydrogen) atoms. The van der Waals surface area contributed by atoms with E-state index in [9.17, 15) is 9.90 Å². The number of benzene rings is 1. The minimum atomic E-state index is -0.775. The highest BCUT2D eigenvalue weighted by Crippen LogP contribution is 2.26. The van der Waals surface area contributed by atoms with Crippen LogP contribution in [0.25, 0.3) is 11.0 Å². The van der Waals surface area contributed by atoms with E-state index in [-0.39, 0.29) is 12.5 Å². The van der Waals surface area contributed by atoms with Gasteiger partial charge in [0.25, 0.3) is 5.91 Å². The zero-order chi connectivity index (χ0) is 18.1. The highest BCUT2D eigenvalue weighted by Gasteiger charge is 2.28. The minimum absolute atomic E-state index is 0.134. The van der Waals surface area contributed by atoms with Crippen LogP contribution >= 0.6 is 11.3 Å². The van der Waals surface area contributed by atoms with E-state index in [0.29, 0.717) is 11.4 Å². The molecule has 6 nitrogen and oxygen atoms in total. The molecule has 1 atom stereocenters. The number of aliphatic hydroxyl groups excluding tert-OH is 1. The number of hydrogen-bond donors (Lipinski definition) is 3. The molecule has 1 aliphatic heterocycles. The van der Waals surface area contributed by atoms with Gasteiger partial charge in [-0.3, -0.25) is 4.79 Å². The number of aliphatic hydroxyl groups is 1. The van der Waals surface area contributed by atoms with Gasteiger partial charge in [0.1, 0.15) is 0 Å². The number of carbonyl (C=O) groups is 1. The van der Waals surface area contributed by atoms with Crippen molar-refractivity contribution < 1.29 is 9.90 Å². The summed E-state index contributed by atoms with van der Waals surface area (Å²) in [7, 11) is 0. The molecular formula is C19H22N4O2S. The van der Waals surface area contributed by atoms with E-state index < -0.39 is 5.54 Å². The first-order chi connectivity index (χ1) is 12.6. The zero-order valence-electron chi connectivity index (χ0n) is 14.7. The van der Waals surface area contributed by atoms with Crippen LogP contribution in [0, 0.1) is 0 Å². The van der Waals surface area contributed by atoms with Crippen LogP contribution in [0.15, 0.2) is 36.7 Å². The first-order valence-electron chi connectivity index (χ1n) is 8.73. The molecule has 3 aromatic rings. The predicted octanol–water partition coefficient (Wildman–Crippen LogP) is 1.92. The fourth-order valence-corrected chi connectivity index (χ4v) is 4.42. The Labute approximate surface area is 155 Å². The predicted molar refractivity (Wildman–Crippen MR) is 102 cm³/mol. The van der Waals surface area contributed by atoms with Gasteiger partial charge in [0.05, 0.1) is 34.4 Å². The van der Waals surface area contributed by atoms with Gasteiger partial charge in [-0.15, -0.1) is 11.3 Å². The normalized spacial score (nSPS) is 16.2. The fourth-order valence-electron chi connectivity index (χ4n) is 3.34. The monoisotopic (exact) mass is 370 g/mol. The van der Waals surface area contributed by atoms with Crippen molar-refractivity contribution >= 4 is 28.3 Å². The summed E-state index contributed by atoms with van der Waals surface area (Å²) >= 11 is 1.55. The molecule has 0 aliphatic carbocycles. The largest absolute Gasteiger partial charge is 0.394 e. The number of hydrogen-bond acceptors (Lipinski definition) is 5. The van der Waals surface area contributed by atoms with Gasteiger partial charge in [0.15, 0.2) is 0 Å². The molecule has 2 aromatic heterocycles. The van der Waals surface area contributed by atoms with Gasteiger partial charge in [-0.2, -0.15) is 0 Å². The third-order valence-corrected chi connectivity index (χ3v) is 6.01. The number of nitrogens with one attached hydrogen (secondary N) is 2. The molecule has 0 spiro atoms. The first kappa shape index (κ1) is 17.2. The smallest absolute Gasteiger partial charge is 0.261 e. The Morgan fingerprint density at radius 3 is 3.12 bits per heavy atom. The average Bonchev–Trinajstić information content (AvgIpc) is 3.26. The maximum atomic E-state index is 12.8. The van der Waals surface area contributed by atoms with Crippen molar-refractivity contribution in [3.05, 3.63) is 52.0 Å². The number of carbonyl (C=O) groups excluding carboxylic acids is 1. The second-order valence-electron chi connectivity index (χ2n) is 7.02. The first-order valence-corrected chi connectivity index (χ1v) is 9.55. The third-order valence-electron chi connectivity index (χ3n) is 4.78. The van der Waals surface area contributed by atoms with Gasteiger partial charge >= 0.3 is 0 Å². The maximum absolute atomic E-state index is 12.8. The summed E-state index contributed by atoms with van der Waals surface area (Å²) in [5, 5.41) is 16.3. The molecule has 1 amide bonds. The van der Waals surface area contributed by atoms with Crippen molar-refractivity contribution in [1.82, 2.24) is 20.2 Å². The summed E-state index contributed by atoms with van der Waals surface area (Å²) in [6.07, 6.45) is 2.71. The quantitative estimate of drug-likeness (QED) is 0.641. The number of imidazole rings is 1. The zero-order valence-corrected chi connectivity index (χ0v) is 15.5. The summed E-state index contributed by atoms with van der Waals surface area (Å²) in [6, 6.07) is 9.80. The van der Waals surface area contributed by atoms with Gasteiger partial charge in [-0.05, 0) is 37.1 Å². The number of rotatable bonds is 5. The number of amides is 1. The van der Waals surface area contributed by atoms with Crippen molar-refractivity contribution in [2.45, 2.75) is 32.0 Å². The van der Waals surface area contributed by atoms with Crippen molar-refractivity contribution in [2.75, 3.05) is 13.2 Å². The molecule has 0 saturated carbocycles. The van der Waals surface area contributed by atoms with E-state index in [4.69, 9.17) is 0 Å². The van der Waals surface area contributed by atoms with E-state index in [2.05, 4.69) is 15.6 Å². The lowest BCUT2D eigenvalue weighted by molar-refractivity contribution is 0.0836. The molecule has 3 heterocycles. The van der Waals surface area contributed by atoms with Gasteiger partial charge in [-0.1, -0.05) is 12.1 Å². The lowest BCUT2D eigenvalue weighted by atomic mass is 10.0. The highest BCUT2D eigenvalue weighted by atomic mass is 32.1. The standard InChI is InChI=1S/C19H22N4O2S/c1-19(11-24,10-23-12-21-14-4-2-3-5-15(14)23)22-18(25)17-8-13-9-20-7-6-16(13)26-17/h2-5,8,12,20,24H,6-7,9-11H2,1H3,(H,22,25). The van der Waals surface area contributed by atoms with Crippen molar-refractivity contribution in [2.24, 2.45) is 0 Å². The van der Waals surface area contributed by atoms with Gasteiger partial charge in [0, 0.05) is 24.5 Å². The van der Waals surface area contributed by atoms with E-state index in [0.717, 1.165) is 30.5 Å². The van der Waals surface area contributed by atoms with Crippen molar-refractivity contribution in [3.63, 3.8) is 0 Å². The van der Waals surface area contributed by atoms with Crippen LogP contribution in [0.5, 0.6) is 0 Å². The van der Waals surface area contributed by atoms with Crippen molar-refractivity contribution in [1.29, 1.82) is 0 Å². The number of thiophene rings is 1.